The van der Waals surface area contributed by atoms with Gasteiger partial charge >= 0.3 is 0 Å². The number of carbonyl (C=O) groups excluding carboxylic acids is 2. The zero-order valence-corrected chi connectivity index (χ0v) is 20.9. The van der Waals surface area contributed by atoms with Gasteiger partial charge in [-0.15, -0.1) is 0 Å². The maximum Gasteiger partial charge on any atom is 0.261 e. The van der Waals surface area contributed by atoms with E-state index in [9.17, 15) is 9.59 Å². The Labute approximate surface area is 201 Å². The van der Waals surface area contributed by atoms with Gasteiger partial charge in [-0.1, -0.05) is 56.1 Å². The van der Waals surface area contributed by atoms with Crippen molar-refractivity contribution in [2.45, 2.75) is 53.6 Å². The zero-order chi connectivity index (χ0) is 23.8. The van der Waals surface area contributed by atoms with Crippen LogP contribution in [-0.4, -0.2) is 35.9 Å². The molecular weight excluding hydrogens is 447 g/mol. The number of halogens is 2. The molecule has 2 aromatic carbocycles. The van der Waals surface area contributed by atoms with Crippen LogP contribution in [0.25, 0.3) is 0 Å². The van der Waals surface area contributed by atoms with Gasteiger partial charge < -0.3 is 15.0 Å². The van der Waals surface area contributed by atoms with Crippen molar-refractivity contribution < 1.29 is 14.3 Å². The average molecular weight is 479 g/mol. The number of carbonyl (C=O) groups is 2. The second kappa shape index (κ2) is 12.1. The maximum atomic E-state index is 13.2. The topological polar surface area (TPSA) is 58.6 Å². The summed E-state index contributed by atoms with van der Waals surface area (Å²) in [6.45, 7) is 10.5. The monoisotopic (exact) mass is 478 g/mol. The highest BCUT2D eigenvalue weighted by molar-refractivity contribution is 6.42. The van der Waals surface area contributed by atoms with Crippen molar-refractivity contribution in [2.24, 2.45) is 5.92 Å². The van der Waals surface area contributed by atoms with Gasteiger partial charge in [0.05, 0.1) is 10.0 Å². The van der Waals surface area contributed by atoms with E-state index >= 15 is 0 Å². The van der Waals surface area contributed by atoms with Gasteiger partial charge in [-0.25, -0.2) is 0 Å². The Balaban J connectivity index is 2.24. The third kappa shape index (κ3) is 7.72. The lowest BCUT2D eigenvalue weighted by atomic mass is 10.1. The van der Waals surface area contributed by atoms with Crippen molar-refractivity contribution in [3.05, 3.63) is 63.1 Å². The van der Waals surface area contributed by atoms with Gasteiger partial charge in [0.1, 0.15) is 11.8 Å². The van der Waals surface area contributed by atoms with E-state index in [-0.39, 0.29) is 25.0 Å². The first kappa shape index (κ1) is 26.0. The Hall–Kier alpha value is -2.24. The van der Waals surface area contributed by atoms with Crippen LogP contribution < -0.4 is 10.1 Å². The Morgan fingerprint density at radius 1 is 1.03 bits per heavy atom. The lowest BCUT2D eigenvalue weighted by Gasteiger charge is -2.31. The van der Waals surface area contributed by atoms with Crippen LogP contribution in [0.2, 0.25) is 10.0 Å². The second-order valence-corrected chi connectivity index (χ2v) is 9.26. The van der Waals surface area contributed by atoms with Gasteiger partial charge in [-0.3, -0.25) is 9.59 Å². The fourth-order valence-electron chi connectivity index (χ4n) is 3.42. The smallest absolute Gasteiger partial charge is 0.261 e. The molecule has 2 aromatic rings. The molecule has 0 fully saturated rings. The minimum absolute atomic E-state index is 0.168. The molecule has 0 aliphatic heterocycles. The highest BCUT2D eigenvalue weighted by Gasteiger charge is 2.29. The summed E-state index contributed by atoms with van der Waals surface area (Å²) >= 11 is 12.2. The second-order valence-electron chi connectivity index (χ2n) is 8.45. The summed E-state index contributed by atoms with van der Waals surface area (Å²) in [7, 11) is 0. The Kier molecular flexibility index (Phi) is 9.85. The number of nitrogens with zero attached hydrogens (tertiary/aromatic N) is 1. The number of hydrogen-bond acceptors (Lipinski definition) is 3. The van der Waals surface area contributed by atoms with Crippen molar-refractivity contribution in [1.29, 1.82) is 0 Å². The molecule has 0 spiro atoms. The lowest BCUT2D eigenvalue weighted by Crippen LogP contribution is -2.50. The van der Waals surface area contributed by atoms with Gasteiger partial charge in [-0.2, -0.15) is 0 Å². The predicted octanol–water partition coefficient (Wildman–Crippen LogP) is 5.57. The van der Waals surface area contributed by atoms with Crippen molar-refractivity contribution in [3.63, 3.8) is 0 Å². The molecule has 32 heavy (non-hydrogen) atoms. The summed E-state index contributed by atoms with van der Waals surface area (Å²) in [6, 6.07) is 10.4. The molecule has 1 atom stereocenters. The van der Waals surface area contributed by atoms with Gasteiger partial charge in [0, 0.05) is 13.1 Å². The molecule has 0 radical (unpaired) electrons. The summed E-state index contributed by atoms with van der Waals surface area (Å²) < 4.78 is 5.79. The zero-order valence-electron chi connectivity index (χ0n) is 19.4. The predicted molar refractivity (Wildman–Crippen MR) is 130 cm³/mol. The molecular formula is C25H32Cl2N2O3. The molecule has 0 aliphatic rings. The van der Waals surface area contributed by atoms with E-state index in [4.69, 9.17) is 27.9 Å². The van der Waals surface area contributed by atoms with Crippen LogP contribution in [0.3, 0.4) is 0 Å². The fraction of sp³-hybridized carbons (Fsp3) is 0.440. The molecule has 0 saturated heterocycles. The quantitative estimate of drug-likeness (QED) is 0.485. The Morgan fingerprint density at radius 3 is 2.25 bits per heavy atom. The summed E-state index contributed by atoms with van der Waals surface area (Å²) in [4.78, 5) is 27.7. The van der Waals surface area contributed by atoms with Gasteiger partial charge in [0.2, 0.25) is 5.91 Å². The first-order chi connectivity index (χ1) is 15.1. The number of amides is 2. The minimum Gasteiger partial charge on any atom is -0.484 e. The molecule has 0 heterocycles. The molecule has 1 N–H and O–H groups in total. The lowest BCUT2D eigenvalue weighted by molar-refractivity contribution is -0.143. The van der Waals surface area contributed by atoms with Crippen LogP contribution in [0.1, 0.15) is 43.9 Å². The van der Waals surface area contributed by atoms with Crippen molar-refractivity contribution >= 4 is 35.0 Å². The third-order valence-electron chi connectivity index (χ3n) is 4.96. The Morgan fingerprint density at radius 2 is 1.69 bits per heavy atom. The van der Waals surface area contributed by atoms with E-state index in [0.29, 0.717) is 34.7 Å². The highest BCUT2D eigenvalue weighted by atomic mass is 35.5. The first-order valence-electron chi connectivity index (χ1n) is 10.8. The van der Waals surface area contributed by atoms with Crippen LogP contribution in [-0.2, 0) is 16.1 Å². The highest BCUT2D eigenvalue weighted by Crippen LogP contribution is 2.24. The summed E-state index contributed by atoms with van der Waals surface area (Å²) in [5.41, 5.74) is 2.90. The summed E-state index contributed by atoms with van der Waals surface area (Å²) in [6.07, 6.45) is 0.473. The van der Waals surface area contributed by atoms with E-state index < -0.39 is 6.04 Å². The molecule has 2 amide bonds. The largest absolute Gasteiger partial charge is 0.484 e. The molecule has 0 aromatic heterocycles. The summed E-state index contributed by atoms with van der Waals surface area (Å²) in [5.74, 6) is 0.481. The van der Waals surface area contributed by atoms with E-state index in [1.807, 2.05) is 52.8 Å². The van der Waals surface area contributed by atoms with Crippen molar-refractivity contribution in [1.82, 2.24) is 10.2 Å². The number of rotatable bonds is 10. The fourth-order valence-corrected chi connectivity index (χ4v) is 3.74. The molecule has 0 unspecified atom stereocenters. The van der Waals surface area contributed by atoms with E-state index in [2.05, 4.69) is 5.32 Å². The molecule has 0 bridgehead atoms. The molecule has 0 saturated carbocycles. The third-order valence-corrected chi connectivity index (χ3v) is 5.70. The first-order valence-corrected chi connectivity index (χ1v) is 11.6. The number of ether oxygens (including phenoxy) is 1. The molecule has 5 nitrogen and oxygen atoms in total. The average Bonchev–Trinajstić information content (AvgIpc) is 2.72. The van der Waals surface area contributed by atoms with E-state index in [1.165, 1.54) is 0 Å². The minimum atomic E-state index is -0.626. The molecule has 2 rings (SSSR count). The number of hydrogen-bond donors (Lipinski definition) is 1. The van der Waals surface area contributed by atoms with Gasteiger partial charge in [0.15, 0.2) is 6.61 Å². The van der Waals surface area contributed by atoms with Crippen LogP contribution >= 0.6 is 23.2 Å². The van der Waals surface area contributed by atoms with Gasteiger partial charge in [-0.05, 0) is 67.1 Å². The number of nitrogens with one attached hydrogen (secondary N) is 1. The molecule has 7 heteroatoms. The van der Waals surface area contributed by atoms with E-state index in [1.54, 1.807) is 23.1 Å². The summed E-state index contributed by atoms with van der Waals surface area (Å²) in [5, 5.41) is 3.78. The van der Waals surface area contributed by atoms with Crippen LogP contribution in [0.5, 0.6) is 5.75 Å². The van der Waals surface area contributed by atoms with Crippen LogP contribution in [0, 0.1) is 19.8 Å². The molecule has 174 valence electrons. The van der Waals surface area contributed by atoms with Gasteiger partial charge in [0.25, 0.3) is 5.91 Å². The van der Waals surface area contributed by atoms with Crippen LogP contribution in [0.4, 0.5) is 0 Å². The standard InChI is InChI=1S/C25H32Cl2N2O3/c1-6-23(25(31)28-13-16(2)3)29(14-19-7-8-21(26)22(27)12-19)24(30)15-32-20-10-17(4)9-18(5)11-20/h7-12,16,23H,6,13-15H2,1-5H3,(H,28,31)/t23-/m1/s1. The molecule has 0 aliphatic carbocycles. The Bertz CT molecular complexity index is 927. The van der Waals surface area contributed by atoms with Crippen molar-refractivity contribution in [2.75, 3.05) is 13.2 Å². The number of aryl methyl sites for hydroxylation is 2. The van der Waals surface area contributed by atoms with E-state index in [0.717, 1.165) is 16.7 Å². The SMILES string of the molecule is CC[C@H](C(=O)NCC(C)C)N(Cc1ccc(Cl)c(Cl)c1)C(=O)COc1cc(C)cc(C)c1. The normalized spacial score (nSPS) is 11.9. The maximum absolute atomic E-state index is 13.2. The van der Waals surface area contributed by atoms with Crippen LogP contribution in [0.15, 0.2) is 36.4 Å². The van der Waals surface area contributed by atoms with Crippen molar-refractivity contribution in [3.8, 4) is 5.75 Å². The number of benzene rings is 2.